The van der Waals surface area contributed by atoms with Crippen molar-refractivity contribution in [3.05, 3.63) is 0 Å². The van der Waals surface area contributed by atoms with Crippen LogP contribution in [-0.2, 0) is 4.79 Å². The molecule has 0 bridgehead atoms. The van der Waals surface area contributed by atoms with Gasteiger partial charge in [-0.25, -0.2) is 0 Å². The van der Waals surface area contributed by atoms with Crippen molar-refractivity contribution in [2.45, 2.75) is 65.2 Å². The molecule has 0 radical (unpaired) electrons. The Morgan fingerprint density at radius 1 is 1.40 bits per heavy atom. The molecule has 1 nitrogen and oxygen atoms in total. The molecule has 3 unspecified atom stereocenters. The molecule has 0 aromatic carbocycles. The van der Waals surface area contributed by atoms with Crippen molar-refractivity contribution in [2.75, 3.05) is 0 Å². The molecule has 1 saturated carbocycles. The summed E-state index contributed by atoms with van der Waals surface area (Å²) in [4.78, 5) is 10.3. The molecule has 3 atom stereocenters. The number of carbonyl (C=O) groups excluding carboxylic acids is 1. The summed E-state index contributed by atoms with van der Waals surface area (Å²) in [5, 5.41) is 0. The van der Waals surface area contributed by atoms with Gasteiger partial charge in [0.05, 0.1) is 0 Å². The molecule has 88 valence electrons. The van der Waals surface area contributed by atoms with E-state index in [9.17, 15) is 4.79 Å². The van der Waals surface area contributed by atoms with Crippen molar-refractivity contribution in [2.24, 2.45) is 17.8 Å². The van der Waals surface area contributed by atoms with E-state index in [0.29, 0.717) is 0 Å². The summed E-state index contributed by atoms with van der Waals surface area (Å²) in [6, 6.07) is 0. The van der Waals surface area contributed by atoms with Crippen molar-refractivity contribution in [3.8, 4) is 0 Å². The summed E-state index contributed by atoms with van der Waals surface area (Å²) in [6.45, 7) is 4.71. The van der Waals surface area contributed by atoms with Crippen LogP contribution in [0, 0.1) is 17.8 Å². The van der Waals surface area contributed by atoms with Crippen LogP contribution in [0.2, 0.25) is 0 Å². The van der Waals surface area contributed by atoms with Crippen molar-refractivity contribution >= 4 is 6.29 Å². The third kappa shape index (κ3) is 4.36. The standard InChI is InChI=1S/C14H26O/c1-3-12(2)14-9-6-8-13(11-14)7-4-5-10-15/h10,12-14H,3-9,11H2,1-2H3. The second-order valence-electron chi connectivity index (χ2n) is 5.28. The zero-order valence-corrected chi connectivity index (χ0v) is 10.4. The van der Waals surface area contributed by atoms with Crippen LogP contribution in [0.5, 0.6) is 0 Å². The van der Waals surface area contributed by atoms with Crippen LogP contribution in [-0.4, -0.2) is 6.29 Å². The minimum absolute atomic E-state index is 0.768. The molecule has 0 aliphatic heterocycles. The van der Waals surface area contributed by atoms with E-state index in [-0.39, 0.29) is 0 Å². The molecule has 0 heterocycles. The van der Waals surface area contributed by atoms with Gasteiger partial charge < -0.3 is 4.79 Å². The molecule has 0 N–H and O–H groups in total. The normalized spacial score (nSPS) is 28.7. The zero-order valence-electron chi connectivity index (χ0n) is 10.4. The van der Waals surface area contributed by atoms with E-state index in [2.05, 4.69) is 13.8 Å². The zero-order chi connectivity index (χ0) is 11.1. The van der Waals surface area contributed by atoms with Crippen LogP contribution in [0.25, 0.3) is 0 Å². The van der Waals surface area contributed by atoms with Crippen LogP contribution in [0.4, 0.5) is 0 Å². The monoisotopic (exact) mass is 210 g/mol. The van der Waals surface area contributed by atoms with Crippen LogP contribution < -0.4 is 0 Å². The lowest BCUT2D eigenvalue weighted by Gasteiger charge is -2.32. The van der Waals surface area contributed by atoms with E-state index in [1.807, 2.05) is 0 Å². The molecule has 1 heteroatoms. The van der Waals surface area contributed by atoms with Gasteiger partial charge >= 0.3 is 0 Å². The van der Waals surface area contributed by atoms with E-state index in [0.717, 1.165) is 36.9 Å². The molecule has 0 amide bonds. The number of hydrogen-bond donors (Lipinski definition) is 0. The van der Waals surface area contributed by atoms with Gasteiger partial charge in [-0.2, -0.15) is 0 Å². The maximum absolute atomic E-state index is 10.3. The van der Waals surface area contributed by atoms with Crippen LogP contribution >= 0.6 is 0 Å². The first-order valence-corrected chi connectivity index (χ1v) is 6.71. The summed E-state index contributed by atoms with van der Waals surface area (Å²) >= 11 is 0. The van der Waals surface area contributed by atoms with Gasteiger partial charge in [-0.3, -0.25) is 0 Å². The summed E-state index contributed by atoms with van der Waals surface area (Å²) in [5.74, 6) is 2.78. The van der Waals surface area contributed by atoms with Gasteiger partial charge in [-0.05, 0) is 30.6 Å². The fraction of sp³-hybridized carbons (Fsp3) is 0.929. The smallest absolute Gasteiger partial charge is 0.119 e. The Bertz CT molecular complexity index is 176. The third-order valence-electron chi connectivity index (χ3n) is 4.21. The topological polar surface area (TPSA) is 17.1 Å². The maximum Gasteiger partial charge on any atom is 0.119 e. The number of rotatable bonds is 6. The third-order valence-corrected chi connectivity index (χ3v) is 4.21. The second kappa shape index (κ2) is 7.03. The first-order valence-electron chi connectivity index (χ1n) is 6.71. The predicted octanol–water partition coefficient (Wildman–Crippen LogP) is 4.21. The SMILES string of the molecule is CCC(C)C1CCCC(CCCC=O)C1. The highest BCUT2D eigenvalue weighted by Crippen LogP contribution is 2.36. The van der Waals surface area contributed by atoms with Gasteiger partial charge in [-0.1, -0.05) is 46.0 Å². The lowest BCUT2D eigenvalue weighted by atomic mass is 9.73. The van der Waals surface area contributed by atoms with Crippen molar-refractivity contribution < 1.29 is 4.79 Å². The number of carbonyl (C=O) groups is 1. The molecule has 0 aromatic heterocycles. The van der Waals surface area contributed by atoms with E-state index < -0.39 is 0 Å². The summed E-state index contributed by atoms with van der Waals surface area (Å²) in [6.07, 6.45) is 11.2. The summed E-state index contributed by atoms with van der Waals surface area (Å²) < 4.78 is 0. The van der Waals surface area contributed by atoms with E-state index in [1.54, 1.807) is 0 Å². The Hall–Kier alpha value is -0.330. The Kier molecular flexibility index (Phi) is 5.97. The molecule has 0 saturated heterocycles. The number of unbranched alkanes of at least 4 members (excludes halogenated alkanes) is 1. The Balaban J connectivity index is 2.25. The highest BCUT2D eigenvalue weighted by molar-refractivity contribution is 5.48. The highest BCUT2D eigenvalue weighted by Gasteiger charge is 2.24. The van der Waals surface area contributed by atoms with Gasteiger partial charge in [0.2, 0.25) is 0 Å². The Morgan fingerprint density at radius 3 is 2.87 bits per heavy atom. The average molecular weight is 210 g/mol. The van der Waals surface area contributed by atoms with Crippen LogP contribution in [0.15, 0.2) is 0 Å². The number of hydrogen-bond acceptors (Lipinski definition) is 1. The molecular weight excluding hydrogens is 184 g/mol. The van der Waals surface area contributed by atoms with Gasteiger partial charge in [0.15, 0.2) is 0 Å². The van der Waals surface area contributed by atoms with Crippen LogP contribution in [0.3, 0.4) is 0 Å². The summed E-state index contributed by atoms with van der Waals surface area (Å²) in [7, 11) is 0. The quantitative estimate of drug-likeness (QED) is 0.474. The van der Waals surface area contributed by atoms with E-state index >= 15 is 0 Å². The molecule has 15 heavy (non-hydrogen) atoms. The van der Waals surface area contributed by atoms with Gasteiger partial charge in [0.25, 0.3) is 0 Å². The molecule has 0 spiro atoms. The fourth-order valence-corrected chi connectivity index (χ4v) is 2.93. The number of aldehydes is 1. The fourth-order valence-electron chi connectivity index (χ4n) is 2.93. The lowest BCUT2D eigenvalue weighted by molar-refractivity contribution is -0.108. The average Bonchev–Trinajstić information content (AvgIpc) is 2.29. The molecule has 0 aromatic rings. The second-order valence-corrected chi connectivity index (χ2v) is 5.28. The van der Waals surface area contributed by atoms with Crippen molar-refractivity contribution in [1.82, 2.24) is 0 Å². The predicted molar refractivity (Wildman–Crippen MR) is 64.8 cm³/mol. The minimum atomic E-state index is 0.768. The Labute approximate surface area is 94.6 Å². The van der Waals surface area contributed by atoms with Crippen molar-refractivity contribution in [3.63, 3.8) is 0 Å². The summed E-state index contributed by atoms with van der Waals surface area (Å²) in [5.41, 5.74) is 0. The van der Waals surface area contributed by atoms with E-state index in [4.69, 9.17) is 0 Å². The minimum Gasteiger partial charge on any atom is -0.303 e. The largest absolute Gasteiger partial charge is 0.303 e. The first kappa shape index (κ1) is 12.7. The Morgan fingerprint density at radius 2 is 2.20 bits per heavy atom. The molecule has 1 aliphatic carbocycles. The van der Waals surface area contributed by atoms with E-state index in [1.165, 1.54) is 38.5 Å². The lowest BCUT2D eigenvalue weighted by Crippen LogP contribution is -2.20. The highest BCUT2D eigenvalue weighted by atomic mass is 16.1. The van der Waals surface area contributed by atoms with Gasteiger partial charge in [0.1, 0.15) is 6.29 Å². The maximum atomic E-state index is 10.3. The molecule has 1 aliphatic rings. The molecule has 1 fully saturated rings. The van der Waals surface area contributed by atoms with Gasteiger partial charge in [-0.15, -0.1) is 0 Å². The van der Waals surface area contributed by atoms with Gasteiger partial charge in [0, 0.05) is 6.42 Å². The molecule has 1 rings (SSSR count). The first-order chi connectivity index (χ1) is 7.27. The van der Waals surface area contributed by atoms with Crippen molar-refractivity contribution in [1.29, 1.82) is 0 Å². The van der Waals surface area contributed by atoms with Crippen LogP contribution in [0.1, 0.15) is 65.2 Å². The molecular formula is C14H26O.